The number of hydrogen-bond donors (Lipinski definition) is 1. The Kier molecular flexibility index (Phi) is 6.44. The zero-order chi connectivity index (χ0) is 23.3. The summed E-state index contributed by atoms with van der Waals surface area (Å²) in [5.41, 5.74) is 3.25. The predicted molar refractivity (Wildman–Crippen MR) is 131 cm³/mol. The molecule has 7 nitrogen and oxygen atoms in total. The molecule has 1 atom stereocenters. The number of fused-ring (bicyclic) bond motifs is 1. The topological polar surface area (TPSA) is 83.1 Å². The van der Waals surface area contributed by atoms with Crippen LogP contribution in [0.25, 0.3) is 10.9 Å². The smallest absolute Gasteiger partial charge is 0.269 e. The van der Waals surface area contributed by atoms with Gasteiger partial charge in [-0.05, 0) is 36.1 Å². The number of rotatable bonds is 6. The third-order valence-electron chi connectivity index (χ3n) is 6.38. The Balaban J connectivity index is 1.43. The van der Waals surface area contributed by atoms with Crippen LogP contribution in [0, 0.1) is 0 Å². The van der Waals surface area contributed by atoms with Gasteiger partial charge in [0.25, 0.3) is 5.91 Å². The first-order chi connectivity index (χ1) is 16.7. The normalized spacial score (nSPS) is 16.9. The van der Waals surface area contributed by atoms with E-state index in [1.807, 2.05) is 71.4 Å². The minimum absolute atomic E-state index is 0.0213. The Labute approximate surface area is 198 Å². The van der Waals surface area contributed by atoms with Crippen molar-refractivity contribution in [1.29, 1.82) is 0 Å². The summed E-state index contributed by atoms with van der Waals surface area (Å²) in [6.07, 6.45) is 7.21. The van der Waals surface area contributed by atoms with Gasteiger partial charge in [0.1, 0.15) is 0 Å². The average molecular weight is 454 g/mol. The van der Waals surface area contributed by atoms with Crippen molar-refractivity contribution in [3.63, 3.8) is 0 Å². The lowest BCUT2D eigenvalue weighted by Crippen LogP contribution is -2.34. The molecule has 0 radical (unpaired) electrons. The number of likely N-dealkylation sites (tertiary alicyclic amines) is 1. The van der Waals surface area contributed by atoms with Gasteiger partial charge in [0.2, 0.25) is 5.88 Å². The standard InChI is InChI=1S/C27H27N5O2/c33-25(17-20-9-2-1-3-10-20)29-30-26-22-12-4-5-14-24(22)32(27(26)34)19-31-16-7-6-13-23(31)21-11-8-15-28-18-21/h1-5,8-12,14-15,18,23,34H,6-7,13,16-17,19H2/t23-/m0/s1. The highest BCUT2D eigenvalue weighted by Crippen LogP contribution is 2.40. The van der Waals surface area contributed by atoms with Crippen molar-refractivity contribution in [1.82, 2.24) is 14.5 Å². The van der Waals surface area contributed by atoms with Crippen LogP contribution in [0.1, 0.15) is 36.4 Å². The molecule has 3 heterocycles. The number of aromatic hydroxyl groups is 1. The largest absolute Gasteiger partial charge is 0.493 e. The van der Waals surface area contributed by atoms with Gasteiger partial charge >= 0.3 is 0 Å². The highest BCUT2D eigenvalue weighted by Gasteiger charge is 2.26. The van der Waals surface area contributed by atoms with Crippen molar-refractivity contribution in [2.75, 3.05) is 6.54 Å². The molecule has 0 unspecified atom stereocenters. The molecule has 1 aliphatic heterocycles. The zero-order valence-corrected chi connectivity index (χ0v) is 18.9. The summed E-state index contributed by atoms with van der Waals surface area (Å²) in [5.74, 6) is -0.330. The summed E-state index contributed by atoms with van der Waals surface area (Å²) in [7, 11) is 0. The zero-order valence-electron chi connectivity index (χ0n) is 18.9. The monoisotopic (exact) mass is 453 g/mol. The molecule has 1 aliphatic rings. The first kappa shape index (κ1) is 22.0. The molecule has 2 aromatic carbocycles. The SMILES string of the molecule is O=C(Cc1ccccc1)N=Nc1c(O)n(CN2CCCC[C@H]2c2cccnc2)c2ccccc12. The van der Waals surface area contributed by atoms with Gasteiger partial charge in [-0.1, -0.05) is 61.0 Å². The maximum absolute atomic E-state index is 12.4. The fourth-order valence-corrected chi connectivity index (χ4v) is 4.72. The van der Waals surface area contributed by atoms with E-state index in [9.17, 15) is 9.90 Å². The van der Waals surface area contributed by atoms with E-state index < -0.39 is 0 Å². The Hall–Kier alpha value is -3.84. The van der Waals surface area contributed by atoms with Gasteiger partial charge in [0.15, 0.2) is 5.69 Å². The molecular weight excluding hydrogens is 426 g/mol. The number of nitrogens with zero attached hydrogens (tertiary/aromatic N) is 5. The van der Waals surface area contributed by atoms with Gasteiger partial charge in [0, 0.05) is 30.4 Å². The van der Waals surface area contributed by atoms with E-state index in [1.165, 1.54) is 5.56 Å². The van der Waals surface area contributed by atoms with Crippen LogP contribution in [-0.2, 0) is 17.9 Å². The van der Waals surface area contributed by atoms with E-state index in [2.05, 4.69) is 26.2 Å². The highest BCUT2D eigenvalue weighted by atomic mass is 16.3. The summed E-state index contributed by atoms with van der Waals surface area (Å²) in [5, 5.41) is 20.0. The molecule has 7 heteroatoms. The van der Waals surface area contributed by atoms with Crippen molar-refractivity contribution in [2.45, 2.75) is 38.4 Å². The number of benzene rings is 2. The van der Waals surface area contributed by atoms with Crippen molar-refractivity contribution in [3.05, 3.63) is 90.3 Å². The average Bonchev–Trinajstić information content (AvgIpc) is 3.15. The van der Waals surface area contributed by atoms with Crippen LogP contribution < -0.4 is 0 Å². The number of piperidine rings is 1. The van der Waals surface area contributed by atoms with Crippen LogP contribution in [0.3, 0.4) is 0 Å². The first-order valence-electron chi connectivity index (χ1n) is 11.6. The lowest BCUT2D eigenvalue weighted by Gasteiger charge is -2.36. The number of carbonyl (C=O) groups is 1. The maximum Gasteiger partial charge on any atom is 0.269 e. The first-order valence-corrected chi connectivity index (χ1v) is 11.6. The van der Waals surface area contributed by atoms with Crippen molar-refractivity contribution < 1.29 is 9.90 Å². The number of amides is 1. The van der Waals surface area contributed by atoms with Crippen LogP contribution in [0.2, 0.25) is 0 Å². The van der Waals surface area contributed by atoms with E-state index in [0.29, 0.717) is 12.4 Å². The van der Waals surface area contributed by atoms with Crippen molar-refractivity contribution >= 4 is 22.5 Å². The number of pyridine rings is 1. The fourth-order valence-electron chi connectivity index (χ4n) is 4.72. The molecule has 0 saturated carbocycles. The Bertz CT molecular complexity index is 1300. The molecule has 4 aromatic rings. The summed E-state index contributed by atoms with van der Waals surface area (Å²) in [6.45, 7) is 1.44. The lowest BCUT2D eigenvalue weighted by molar-refractivity contribution is -0.117. The highest BCUT2D eigenvalue weighted by molar-refractivity contribution is 5.95. The second kappa shape index (κ2) is 9.97. The fraction of sp³-hybridized carbons (Fsp3) is 0.259. The molecule has 1 saturated heterocycles. The molecule has 1 N–H and O–H groups in total. The molecule has 0 aliphatic carbocycles. The van der Waals surface area contributed by atoms with Crippen LogP contribution in [0.5, 0.6) is 5.88 Å². The maximum atomic E-state index is 12.4. The minimum Gasteiger partial charge on any atom is -0.493 e. The molecule has 1 fully saturated rings. The van der Waals surface area contributed by atoms with Gasteiger partial charge in [-0.15, -0.1) is 10.2 Å². The molecule has 0 spiro atoms. The minimum atomic E-state index is -0.352. The molecule has 5 rings (SSSR count). The number of hydrogen-bond acceptors (Lipinski definition) is 5. The third-order valence-corrected chi connectivity index (χ3v) is 6.38. The predicted octanol–water partition coefficient (Wildman–Crippen LogP) is 5.78. The van der Waals surface area contributed by atoms with Crippen LogP contribution >= 0.6 is 0 Å². The molecule has 0 bridgehead atoms. The third kappa shape index (κ3) is 4.61. The molecule has 34 heavy (non-hydrogen) atoms. The molecule has 172 valence electrons. The van der Waals surface area contributed by atoms with E-state index in [4.69, 9.17) is 0 Å². The number of para-hydroxylation sites is 1. The quantitative estimate of drug-likeness (QED) is 0.375. The summed E-state index contributed by atoms with van der Waals surface area (Å²) in [6, 6.07) is 21.5. The van der Waals surface area contributed by atoms with Gasteiger partial charge in [0.05, 0.1) is 18.6 Å². The van der Waals surface area contributed by atoms with E-state index in [0.717, 1.165) is 42.3 Å². The van der Waals surface area contributed by atoms with E-state index >= 15 is 0 Å². The van der Waals surface area contributed by atoms with Gasteiger partial charge in [-0.25, -0.2) is 0 Å². The molecule has 1 amide bonds. The lowest BCUT2D eigenvalue weighted by atomic mass is 9.97. The van der Waals surface area contributed by atoms with Gasteiger partial charge in [-0.2, -0.15) is 0 Å². The number of aromatic nitrogens is 2. The van der Waals surface area contributed by atoms with E-state index in [-0.39, 0.29) is 24.2 Å². The second-order valence-electron chi connectivity index (χ2n) is 8.63. The Morgan fingerprint density at radius 2 is 1.85 bits per heavy atom. The Morgan fingerprint density at radius 3 is 2.68 bits per heavy atom. The molecule has 2 aromatic heterocycles. The van der Waals surface area contributed by atoms with Crippen LogP contribution in [-0.4, -0.2) is 32.0 Å². The number of carbonyl (C=O) groups excluding carboxylic acids is 1. The van der Waals surface area contributed by atoms with Crippen molar-refractivity contribution in [2.24, 2.45) is 10.2 Å². The van der Waals surface area contributed by atoms with Crippen LogP contribution in [0.15, 0.2) is 89.4 Å². The number of azo groups is 1. The van der Waals surface area contributed by atoms with Gasteiger partial charge < -0.3 is 5.11 Å². The Morgan fingerprint density at radius 1 is 1.03 bits per heavy atom. The summed E-state index contributed by atoms with van der Waals surface area (Å²) >= 11 is 0. The van der Waals surface area contributed by atoms with E-state index in [1.54, 1.807) is 6.20 Å². The molecular formula is C27H27N5O2. The van der Waals surface area contributed by atoms with Gasteiger partial charge in [-0.3, -0.25) is 19.2 Å². The second-order valence-corrected chi connectivity index (χ2v) is 8.63. The summed E-state index contributed by atoms with van der Waals surface area (Å²) in [4.78, 5) is 19.1. The summed E-state index contributed by atoms with van der Waals surface area (Å²) < 4.78 is 1.86. The van der Waals surface area contributed by atoms with Crippen LogP contribution in [0.4, 0.5) is 5.69 Å². The van der Waals surface area contributed by atoms with Crippen molar-refractivity contribution in [3.8, 4) is 5.88 Å².